The molecule has 0 radical (unpaired) electrons. The average Bonchev–Trinajstić information content (AvgIpc) is 2.58. The van der Waals surface area contributed by atoms with E-state index in [-0.39, 0.29) is 6.10 Å². The molecule has 0 saturated carbocycles. The summed E-state index contributed by atoms with van der Waals surface area (Å²) in [5, 5.41) is 11.6. The maximum atomic E-state index is 10.6. The lowest BCUT2D eigenvalue weighted by atomic mass is 10.2. The van der Waals surface area contributed by atoms with E-state index < -0.39 is 12.1 Å². The van der Waals surface area contributed by atoms with E-state index in [1.54, 1.807) is 12.1 Å². The van der Waals surface area contributed by atoms with E-state index in [9.17, 15) is 13.2 Å². The maximum absolute atomic E-state index is 10.6. The van der Waals surface area contributed by atoms with E-state index in [1.165, 1.54) is 0 Å². The quantitative estimate of drug-likeness (QED) is 0.717. The number of hydrogen-bond acceptors (Lipinski definition) is 4. The molecule has 152 valence electrons. The van der Waals surface area contributed by atoms with Gasteiger partial charge in [0.25, 0.3) is 0 Å². The molecule has 1 heterocycles. The molecular formula is C18H16Cl2F3NO4. The highest BCUT2D eigenvalue weighted by Crippen LogP contribution is 2.32. The monoisotopic (exact) mass is 437 g/mol. The molecule has 0 unspecified atom stereocenters. The Morgan fingerprint density at radius 2 is 1.64 bits per heavy atom. The summed E-state index contributed by atoms with van der Waals surface area (Å²) < 4.78 is 43.5. The molecule has 0 bridgehead atoms. The first kappa shape index (κ1) is 22.1. The van der Waals surface area contributed by atoms with Crippen molar-refractivity contribution in [1.82, 2.24) is 5.32 Å². The molecule has 10 heteroatoms. The van der Waals surface area contributed by atoms with Gasteiger partial charge in [0.1, 0.15) is 12.7 Å². The highest BCUT2D eigenvalue weighted by Gasteiger charge is 2.38. The fourth-order valence-corrected chi connectivity index (χ4v) is 2.25. The number of hydrogen-bond donors (Lipinski definition) is 2. The summed E-state index contributed by atoms with van der Waals surface area (Å²) in [5.41, 5.74) is 1.05. The van der Waals surface area contributed by atoms with Crippen molar-refractivity contribution in [2.24, 2.45) is 0 Å². The molecule has 0 aliphatic carbocycles. The Bertz CT molecular complexity index is 796. The van der Waals surface area contributed by atoms with Crippen LogP contribution in [0.2, 0.25) is 10.0 Å². The van der Waals surface area contributed by atoms with Crippen LogP contribution in [0, 0.1) is 0 Å². The van der Waals surface area contributed by atoms with Crippen molar-refractivity contribution < 1.29 is 32.5 Å². The van der Waals surface area contributed by atoms with Crippen molar-refractivity contribution in [3.05, 3.63) is 58.1 Å². The number of halogens is 5. The molecule has 0 aromatic heterocycles. The van der Waals surface area contributed by atoms with Gasteiger partial charge in [-0.3, -0.25) is 0 Å². The Balaban J connectivity index is 0.000000345. The third-order valence-electron chi connectivity index (χ3n) is 3.49. The van der Waals surface area contributed by atoms with Crippen molar-refractivity contribution >= 4 is 29.2 Å². The van der Waals surface area contributed by atoms with Gasteiger partial charge in [-0.1, -0.05) is 35.3 Å². The number of ether oxygens (including phenoxy) is 2. The highest BCUT2D eigenvalue weighted by molar-refractivity contribution is 6.31. The standard InChI is InChI=1S/C16H15Cl2NO2.C2HF3O2/c17-12-3-1-11(2-4-12)10-20-15-6-5-13(18)7-16(15)21-14-8-19-9-14;3-2(4,5)1(6)7/h1-7,14,19H,8-10H2;(H,6,7). The second kappa shape index (κ2) is 9.86. The first-order valence-electron chi connectivity index (χ1n) is 7.99. The van der Waals surface area contributed by atoms with Gasteiger partial charge in [-0.15, -0.1) is 0 Å². The Morgan fingerprint density at radius 3 is 2.14 bits per heavy atom. The van der Waals surface area contributed by atoms with Gasteiger partial charge in [0.05, 0.1) is 0 Å². The van der Waals surface area contributed by atoms with Gasteiger partial charge in [0.2, 0.25) is 0 Å². The summed E-state index contributed by atoms with van der Waals surface area (Å²) in [5.74, 6) is -1.38. The van der Waals surface area contributed by atoms with Crippen LogP contribution in [0.1, 0.15) is 5.56 Å². The molecule has 2 aromatic rings. The van der Waals surface area contributed by atoms with Gasteiger partial charge in [-0.05, 0) is 29.8 Å². The number of carbonyl (C=O) groups is 1. The van der Waals surface area contributed by atoms with Gasteiger partial charge >= 0.3 is 12.1 Å². The number of carboxylic acids is 1. The van der Waals surface area contributed by atoms with E-state index >= 15 is 0 Å². The summed E-state index contributed by atoms with van der Waals surface area (Å²) in [7, 11) is 0. The van der Waals surface area contributed by atoms with Crippen LogP contribution in [0.25, 0.3) is 0 Å². The van der Waals surface area contributed by atoms with Gasteiger partial charge in [0, 0.05) is 29.2 Å². The molecule has 2 aromatic carbocycles. The van der Waals surface area contributed by atoms with Crippen LogP contribution < -0.4 is 14.8 Å². The average molecular weight is 438 g/mol. The summed E-state index contributed by atoms with van der Waals surface area (Å²) in [4.78, 5) is 8.90. The third-order valence-corrected chi connectivity index (χ3v) is 3.98. The summed E-state index contributed by atoms with van der Waals surface area (Å²) in [6.45, 7) is 2.16. The van der Waals surface area contributed by atoms with Crippen molar-refractivity contribution in [2.75, 3.05) is 13.1 Å². The van der Waals surface area contributed by atoms with Crippen molar-refractivity contribution in [3.8, 4) is 11.5 Å². The van der Waals surface area contributed by atoms with Crippen LogP contribution >= 0.6 is 23.2 Å². The van der Waals surface area contributed by atoms with Crippen LogP contribution in [-0.4, -0.2) is 36.4 Å². The zero-order valence-electron chi connectivity index (χ0n) is 14.3. The van der Waals surface area contributed by atoms with Gasteiger partial charge < -0.3 is 19.9 Å². The number of rotatable bonds is 5. The predicted molar refractivity (Wildman–Crippen MR) is 98.2 cm³/mol. The zero-order valence-corrected chi connectivity index (χ0v) is 15.8. The van der Waals surface area contributed by atoms with Crippen LogP contribution in [0.3, 0.4) is 0 Å². The number of aliphatic carboxylic acids is 1. The molecule has 5 nitrogen and oxygen atoms in total. The second-order valence-electron chi connectivity index (χ2n) is 5.71. The zero-order chi connectivity index (χ0) is 20.7. The fraction of sp³-hybridized carbons (Fsp3) is 0.278. The first-order valence-corrected chi connectivity index (χ1v) is 8.75. The Morgan fingerprint density at radius 1 is 1.07 bits per heavy atom. The molecule has 28 heavy (non-hydrogen) atoms. The van der Waals surface area contributed by atoms with Gasteiger partial charge in [-0.25, -0.2) is 4.79 Å². The largest absolute Gasteiger partial charge is 0.490 e. The lowest BCUT2D eigenvalue weighted by Crippen LogP contribution is -2.50. The lowest BCUT2D eigenvalue weighted by molar-refractivity contribution is -0.192. The van der Waals surface area contributed by atoms with Gasteiger partial charge in [-0.2, -0.15) is 13.2 Å². The molecule has 1 aliphatic heterocycles. The number of carboxylic acid groups (broad SMARTS) is 1. The number of alkyl halides is 3. The topological polar surface area (TPSA) is 67.8 Å². The van der Waals surface area contributed by atoms with Crippen LogP contribution in [0.5, 0.6) is 11.5 Å². The van der Waals surface area contributed by atoms with Crippen LogP contribution in [0.4, 0.5) is 13.2 Å². The normalized spacial score (nSPS) is 13.8. The minimum atomic E-state index is -5.08. The van der Waals surface area contributed by atoms with Crippen molar-refractivity contribution in [3.63, 3.8) is 0 Å². The van der Waals surface area contributed by atoms with E-state index in [0.29, 0.717) is 28.2 Å². The molecule has 1 saturated heterocycles. The maximum Gasteiger partial charge on any atom is 0.490 e. The molecule has 0 amide bonds. The number of nitrogens with one attached hydrogen (secondary N) is 1. The minimum absolute atomic E-state index is 0.182. The second-order valence-corrected chi connectivity index (χ2v) is 6.58. The Hall–Kier alpha value is -2.16. The minimum Gasteiger partial charge on any atom is -0.485 e. The third kappa shape index (κ3) is 7.10. The van der Waals surface area contributed by atoms with Crippen LogP contribution in [0.15, 0.2) is 42.5 Å². The Labute approximate surface area is 169 Å². The van der Waals surface area contributed by atoms with E-state index in [0.717, 1.165) is 18.7 Å². The van der Waals surface area contributed by atoms with Crippen molar-refractivity contribution in [2.45, 2.75) is 18.9 Å². The molecule has 2 N–H and O–H groups in total. The molecular weight excluding hydrogens is 422 g/mol. The molecule has 3 rings (SSSR count). The molecule has 1 fully saturated rings. The molecule has 0 spiro atoms. The van der Waals surface area contributed by atoms with Crippen LogP contribution in [-0.2, 0) is 11.4 Å². The smallest absolute Gasteiger partial charge is 0.485 e. The van der Waals surface area contributed by atoms with E-state index in [4.69, 9.17) is 42.6 Å². The molecule has 1 aliphatic rings. The fourth-order valence-electron chi connectivity index (χ4n) is 1.96. The first-order chi connectivity index (χ1) is 13.1. The Kier molecular flexibility index (Phi) is 7.79. The SMILES string of the molecule is Clc1ccc(COc2ccc(Cl)cc2OC2CNC2)cc1.O=C(O)C(F)(F)F. The number of benzene rings is 2. The predicted octanol–water partition coefficient (Wildman–Crippen LogP) is 4.56. The summed E-state index contributed by atoms with van der Waals surface area (Å²) in [6, 6.07) is 13.0. The van der Waals surface area contributed by atoms with Gasteiger partial charge in [0.15, 0.2) is 11.5 Å². The van der Waals surface area contributed by atoms with E-state index in [1.807, 2.05) is 30.3 Å². The van der Waals surface area contributed by atoms with Crippen molar-refractivity contribution in [1.29, 1.82) is 0 Å². The lowest BCUT2D eigenvalue weighted by Gasteiger charge is -2.28. The molecule has 0 atom stereocenters. The van der Waals surface area contributed by atoms with E-state index in [2.05, 4.69) is 5.32 Å². The highest BCUT2D eigenvalue weighted by atomic mass is 35.5. The summed E-state index contributed by atoms with van der Waals surface area (Å²) in [6.07, 6.45) is -4.90. The summed E-state index contributed by atoms with van der Waals surface area (Å²) >= 11 is 11.9.